The van der Waals surface area contributed by atoms with Gasteiger partial charge >= 0.3 is 7.12 Å². The molecular weight excluding hydrogens is 323 g/mol. The molecule has 2 N–H and O–H groups in total. The highest BCUT2D eigenvalue weighted by Gasteiger charge is 2.27. The van der Waals surface area contributed by atoms with Crippen molar-refractivity contribution in [1.29, 1.82) is 0 Å². The molecule has 1 atom stereocenters. The predicted octanol–water partition coefficient (Wildman–Crippen LogP) is 5.35. The third kappa shape index (κ3) is 5.36. The highest BCUT2D eigenvalue weighted by molar-refractivity contribution is 6.43. The van der Waals surface area contributed by atoms with Gasteiger partial charge in [0, 0.05) is 6.32 Å². The van der Waals surface area contributed by atoms with Crippen LogP contribution in [0.1, 0.15) is 56.2 Å². The lowest BCUT2D eigenvalue weighted by molar-refractivity contribution is 0.183. The fourth-order valence-electron chi connectivity index (χ4n) is 3.51. The largest absolute Gasteiger partial charge is 0.507 e. The Balaban J connectivity index is 2.07. The van der Waals surface area contributed by atoms with E-state index < -0.39 is 7.12 Å². The fourth-order valence-corrected chi connectivity index (χ4v) is 3.51. The molecule has 0 aromatic heterocycles. The Labute approximate surface area is 158 Å². The normalized spacial score (nSPS) is 18.0. The van der Waals surface area contributed by atoms with E-state index in [-0.39, 0.29) is 6.10 Å². The van der Waals surface area contributed by atoms with Crippen LogP contribution < -0.4 is 0 Å². The second-order valence-electron chi connectivity index (χ2n) is 7.36. The highest BCUT2D eigenvalue weighted by atomic mass is 16.5. The molecule has 0 fully saturated rings. The molecule has 1 aliphatic rings. The van der Waals surface area contributed by atoms with E-state index in [4.69, 9.17) is 4.65 Å². The third-order valence-electron chi connectivity index (χ3n) is 4.89. The molecule has 2 rings (SSSR count). The summed E-state index contributed by atoms with van der Waals surface area (Å²) in [6.45, 7) is 12.3. The van der Waals surface area contributed by atoms with Gasteiger partial charge < -0.3 is 14.8 Å². The van der Waals surface area contributed by atoms with Crippen LogP contribution in [0.4, 0.5) is 0 Å². The molecule has 0 aliphatic carbocycles. The Morgan fingerprint density at radius 2 is 1.96 bits per heavy atom. The number of aromatic hydroxyl groups is 1. The van der Waals surface area contributed by atoms with Crippen molar-refractivity contribution >= 4 is 13.2 Å². The molecule has 1 unspecified atom stereocenters. The summed E-state index contributed by atoms with van der Waals surface area (Å²) in [7, 11) is -0.718. The van der Waals surface area contributed by atoms with E-state index in [1.54, 1.807) is 0 Å². The minimum atomic E-state index is -0.718. The summed E-state index contributed by atoms with van der Waals surface area (Å²) in [6, 6.07) is 4.00. The van der Waals surface area contributed by atoms with Crippen molar-refractivity contribution in [3.8, 4) is 5.75 Å². The van der Waals surface area contributed by atoms with Crippen LogP contribution in [0, 0.1) is 13.8 Å². The first-order valence-corrected chi connectivity index (χ1v) is 9.51. The van der Waals surface area contributed by atoms with Crippen molar-refractivity contribution in [2.75, 3.05) is 0 Å². The minimum absolute atomic E-state index is 0.0931. The summed E-state index contributed by atoms with van der Waals surface area (Å²) in [5, 5.41) is 19.8. The molecule has 0 amide bonds. The van der Waals surface area contributed by atoms with Gasteiger partial charge in [-0.25, -0.2) is 0 Å². The zero-order valence-corrected chi connectivity index (χ0v) is 16.5. The van der Waals surface area contributed by atoms with Gasteiger partial charge in [0.25, 0.3) is 0 Å². The third-order valence-corrected chi connectivity index (χ3v) is 4.89. The van der Waals surface area contributed by atoms with Crippen LogP contribution in [0.15, 0.2) is 41.5 Å². The van der Waals surface area contributed by atoms with Crippen molar-refractivity contribution in [2.24, 2.45) is 0 Å². The van der Waals surface area contributed by atoms with Gasteiger partial charge in [-0.05, 0) is 80.0 Å². The number of benzene rings is 1. The number of hydrogen-bond acceptors (Lipinski definition) is 3. The standard InChI is InChI=1S/C22H31BO3/c1-6-7-16(3)20-10-11-23(25)26-21(20)9-8-15(2)12-19-13-17(4)22(24)18(5)14-19/h10,12-14,21,24-25H,3,6-9,11H2,1-2,4-5H3/b15-12+. The molecule has 1 aromatic rings. The maximum Gasteiger partial charge on any atom is 0.458 e. The summed E-state index contributed by atoms with van der Waals surface area (Å²) in [5.41, 5.74) is 6.41. The molecule has 1 heterocycles. The van der Waals surface area contributed by atoms with Crippen molar-refractivity contribution in [3.05, 3.63) is 58.2 Å². The van der Waals surface area contributed by atoms with Crippen molar-refractivity contribution in [1.82, 2.24) is 0 Å². The quantitative estimate of drug-likeness (QED) is 0.649. The van der Waals surface area contributed by atoms with Crippen LogP contribution in [-0.2, 0) is 4.65 Å². The molecule has 4 heteroatoms. The SMILES string of the molecule is C=C(CCC)C1=CCB(O)OC1CC/C(C)=C/c1cc(C)c(O)c(C)c1. The molecule has 1 aliphatic heterocycles. The first-order chi connectivity index (χ1) is 12.3. The Morgan fingerprint density at radius 1 is 1.31 bits per heavy atom. The molecule has 3 nitrogen and oxygen atoms in total. The molecule has 0 radical (unpaired) electrons. The Hall–Kier alpha value is -1.78. The summed E-state index contributed by atoms with van der Waals surface area (Å²) in [4.78, 5) is 0. The van der Waals surface area contributed by atoms with Crippen LogP contribution in [-0.4, -0.2) is 23.4 Å². The summed E-state index contributed by atoms with van der Waals surface area (Å²) >= 11 is 0. The molecule has 26 heavy (non-hydrogen) atoms. The van der Waals surface area contributed by atoms with Crippen LogP contribution in [0.2, 0.25) is 6.32 Å². The number of allylic oxidation sites excluding steroid dienone is 2. The zero-order chi connectivity index (χ0) is 19.3. The van der Waals surface area contributed by atoms with Crippen LogP contribution in [0.5, 0.6) is 5.75 Å². The van der Waals surface area contributed by atoms with E-state index >= 15 is 0 Å². The van der Waals surface area contributed by atoms with Gasteiger partial charge in [-0.1, -0.05) is 37.6 Å². The lowest BCUT2D eigenvalue weighted by Gasteiger charge is -2.28. The van der Waals surface area contributed by atoms with Crippen molar-refractivity contribution < 1.29 is 14.8 Å². The van der Waals surface area contributed by atoms with Gasteiger partial charge in [-0.15, -0.1) is 0 Å². The van der Waals surface area contributed by atoms with Gasteiger partial charge in [0.2, 0.25) is 0 Å². The average molecular weight is 354 g/mol. The lowest BCUT2D eigenvalue weighted by atomic mass is 9.77. The number of rotatable bonds is 7. The van der Waals surface area contributed by atoms with Gasteiger partial charge in [-0.3, -0.25) is 0 Å². The van der Waals surface area contributed by atoms with Crippen LogP contribution in [0.25, 0.3) is 6.08 Å². The summed E-state index contributed by atoms with van der Waals surface area (Å²) in [5.74, 6) is 0.369. The number of aryl methyl sites for hydroxylation is 2. The second kappa shape index (κ2) is 9.25. The average Bonchev–Trinajstić information content (AvgIpc) is 2.58. The van der Waals surface area contributed by atoms with Gasteiger partial charge in [0.15, 0.2) is 0 Å². The topological polar surface area (TPSA) is 49.7 Å². The molecule has 0 saturated carbocycles. The first-order valence-electron chi connectivity index (χ1n) is 9.51. The van der Waals surface area contributed by atoms with Crippen LogP contribution in [0.3, 0.4) is 0 Å². The molecule has 0 spiro atoms. The van der Waals surface area contributed by atoms with Gasteiger partial charge in [0.1, 0.15) is 5.75 Å². The minimum Gasteiger partial charge on any atom is -0.507 e. The second-order valence-corrected chi connectivity index (χ2v) is 7.36. The van der Waals surface area contributed by atoms with E-state index in [1.807, 2.05) is 26.0 Å². The number of phenolic OH excluding ortho intramolecular Hbond substituents is 1. The first kappa shape index (κ1) is 20.5. The highest BCUT2D eigenvalue weighted by Crippen LogP contribution is 2.30. The Kier molecular flexibility index (Phi) is 7.30. The summed E-state index contributed by atoms with van der Waals surface area (Å²) in [6.07, 6.45) is 8.41. The van der Waals surface area contributed by atoms with Gasteiger partial charge in [-0.2, -0.15) is 0 Å². The molecule has 140 valence electrons. The molecule has 1 aromatic carbocycles. The zero-order valence-electron chi connectivity index (χ0n) is 16.5. The van der Waals surface area contributed by atoms with Crippen LogP contribution >= 0.6 is 0 Å². The monoisotopic (exact) mass is 354 g/mol. The van der Waals surface area contributed by atoms with Gasteiger partial charge in [0.05, 0.1) is 6.10 Å². The fraction of sp³-hybridized carbons (Fsp3) is 0.455. The van der Waals surface area contributed by atoms with Crippen molar-refractivity contribution in [3.63, 3.8) is 0 Å². The van der Waals surface area contributed by atoms with E-state index in [0.717, 1.165) is 53.5 Å². The molecular formula is C22H31BO3. The van der Waals surface area contributed by atoms with E-state index in [1.165, 1.54) is 5.57 Å². The number of hydrogen-bond donors (Lipinski definition) is 2. The smallest absolute Gasteiger partial charge is 0.458 e. The van der Waals surface area contributed by atoms with Crippen molar-refractivity contribution in [2.45, 2.75) is 65.8 Å². The van der Waals surface area contributed by atoms with E-state index in [0.29, 0.717) is 12.1 Å². The Bertz CT molecular complexity index is 695. The Morgan fingerprint density at radius 3 is 2.58 bits per heavy atom. The summed E-state index contributed by atoms with van der Waals surface area (Å²) < 4.78 is 5.79. The lowest BCUT2D eigenvalue weighted by Crippen LogP contribution is -2.31. The predicted molar refractivity (Wildman–Crippen MR) is 110 cm³/mol. The van der Waals surface area contributed by atoms with E-state index in [2.05, 4.69) is 32.6 Å². The number of phenols is 1. The maximum absolute atomic E-state index is 9.91. The maximum atomic E-state index is 9.91. The molecule has 0 saturated heterocycles. The molecule has 0 bridgehead atoms. The van der Waals surface area contributed by atoms with E-state index in [9.17, 15) is 10.1 Å².